The molecule has 0 aromatic carbocycles. The molecule has 0 heterocycles. The van der Waals surface area contributed by atoms with Crippen LogP contribution in [0.15, 0.2) is 5.10 Å². The van der Waals surface area contributed by atoms with Gasteiger partial charge in [-0.25, -0.2) is 0 Å². The van der Waals surface area contributed by atoms with Crippen molar-refractivity contribution in [2.24, 2.45) is 16.8 Å². The highest BCUT2D eigenvalue weighted by Gasteiger charge is 1.96. The van der Waals surface area contributed by atoms with Crippen LogP contribution in [0.3, 0.4) is 0 Å². The molecule has 3 N–H and O–H groups in total. The van der Waals surface area contributed by atoms with Gasteiger partial charge in [-0.15, -0.1) is 0 Å². The maximum atomic E-state index is 5.15. The van der Waals surface area contributed by atoms with Crippen molar-refractivity contribution in [3.8, 4) is 0 Å². The number of rotatable bonds is 2. The normalized spacial score (nSPS) is 11.8. The van der Waals surface area contributed by atoms with E-state index >= 15 is 0 Å². The van der Waals surface area contributed by atoms with Crippen molar-refractivity contribution in [3.63, 3.8) is 0 Å². The summed E-state index contributed by atoms with van der Waals surface area (Å²) in [5.41, 5.74) is 8.67. The summed E-state index contributed by atoms with van der Waals surface area (Å²) in [6, 6.07) is 0. The first-order valence-corrected chi connectivity index (χ1v) is 3.54. The number of nitrogens with two attached hydrogens (primary N) is 1. The molecule has 0 amide bonds. The zero-order valence-corrected chi connectivity index (χ0v) is 7.33. The molecule has 0 aromatic heterocycles. The Kier molecular flexibility index (Phi) is 3.95. The Morgan fingerprint density at radius 3 is 2.40 bits per heavy atom. The van der Waals surface area contributed by atoms with Crippen LogP contribution in [0, 0.1) is 5.92 Å². The summed E-state index contributed by atoms with van der Waals surface area (Å²) in [6.45, 7) is 6.04. The van der Waals surface area contributed by atoms with Gasteiger partial charge in [-0.2, -0.15) is 5.10 Å². The van der Waals surface area contributed by atoms with Gasteiger partial charge in [-0.3, -0.25) is 5.43 Å². The minimum Gasteiger partial charge on any atom is -0.375 e. The van der Waals surface area contributed by atoms with E-state index in [0.717, 1.165) is 5.71 Å². The third-order valence-corrected chi connectivity index (χ3v) is 1.27. The highest BCUT2D eigenvalue weighted by molar-refractivity contribution is 7.80. The van der Waals surface area contributed by atoms with Crippen LogP contribution in [-0.4, -0.2) is 10.8 Å². The standard InChI is InChI=1S/C6H13N3S/c1-4(2)5(3)8-9-6(7)10/h4H,1-3H3,(H3,7,9,10). The number of hydrogen-bond donors (Lipinski definition) is 2. The van der Waals surface area contributed by atoms with Gasteiger partial charge in [0.15, 0.2) is 5.11 Å². The van der Waals surface area contributed by atoms with E-state index in [0.29, 0.717) is 5.92 Å². The van der Waals surface area contributed by atoms with Crippen LogP contribution in [0.25, 0.3) is 0 Å². The molecule has 0 atom stereocenters. The summed E-state index contributed by atoms with van der Waals surface area (Å²) < 4.78 is 0. The summed E-state index contributed by atoms with van der Waals surface area (Å²) in [4.78, 5) is 0. The van der Waals surface area contributed by atoms with E-state index in [2.05, 4.69) is 36.6 Å². The molecule has 0 saturated carbocycles. The van der Waals surface area contributed by atoms with Crippen molar-refractivity contribution < 1.29 is 0 Å². The average molecular weight is 159 g/mol. The fraction of sp³-hybridized carbons (Fsp3) is 0.667. The fourth-order valence-electron chi connectivity index (χ4n) is 0.272. The second kappa shape index (κ2) is 4.22. The first-order valence-electron chi connectivity index (χ1n) is 3.13. The zero-order valence-electron chi connectivity index (χ0n) is 6.51. The van der Waals surface area contributed by atoms with Crippen LogP contribution in [0.1, 0.15) is 20.8 Å². The lowest BCUT2D eigenvalue weighted by molar-refractivity contribution is 0.853. The predicted molar refractivity (Wildman–Crippen MR) is 47.9 cm³/mol. The largest absolute Gasteiger partial charge is 0.375 e. The van der Waals surface area contributed by atoms with Crippen molar-refractivity contribution in [2.75, 3.05) is 0 Å². The summed E-state index contributed by atoms with van der Waals surface area (Å²) in [5, 5.41) is 4.13. The van der Waals surface area contributed by atoms with E-state index in [-0.39, 0.29) is 5.11 Å². The molecule has 0 rings (SSSR count). The van der Waals surface area contributed by atoms with E-state index in [1.807, 2.05) is 6.92 Å². The minimum absolute atomic E-state index is 0.208. The van der Waals surface area contributed by atoms with Gasteiger partial charge in [-0.1, -0.05) is 13.8 Å². The third-order valence-electron chi connectivity index (χ3n) is 1.18. The lowest BCUT2D eigenvalue weighted by Crippen LogP contribution is -2.25. The molecular formula is C6H13N3S. The molecular weight excluding hydrogens is 146 g/mol. The summed E-state index contributed by atoms with van der Waals surface area (Å²) in [7, 11) is 0. The smallest absolute Gasteiger partial charge is 0.184 e. The SMILES string of the molecule is CC(=NNC(N)=S)C(C)C. The molecule has 58 valence electrons. The Morgan fingerprint density at radius 2 is 2.10 bits per heavy atom. The van der Waals surface area contributed by atoms with Crippen LogP contribution >= 0.6 is 12.2 Å². The molecule has 0 fully saturated rings. The Bertz CT molecular complexity index is 151. The van der Waals surface area contributed by atoms with E-state index in [4.69, 9.17) is 5.73 Å². The first-order chi connectivity index (χ1) is 4.54. The molecule has 0 saturated heterocycles. The average Bonchev–Trinajstić information content (AvgIpc) is 1.82. The number of hydrogen-bond acceptors (Lipinski definition) is 2. The molecule has 0 aliphatic carbocycles. The van der Waals surface area contributed by atoms with E-state index in [1.165, 1.54) is 0 Å². The lowest BCUT2D eigenvalue weighted by Gasteiger charge is -2.03. The molecule has 4 heteroatoms. The minimum atomic E-state index is 0.208. The molecule has 0 aliphatic heterocycles. The Balaban J connectivity index is 3.80. The molecule has 0 aromatic rings. The predicted octanol–water partition coefficient (Wildman–Crippen LogP) is 0.851. The summed E-state index contributed by atoms with van der Waals surface area (Å²) >= 11 is 4.56. The van der Waals surface area contributed by atoms with Crippen molar-refractivity contribution in [3.05, 3.63) is 0 Å². The first kappa shape index (κ1) is 9.36. The maximum Gasteiger partial charge on any atom is 0.184 e. The number of thiocarbonyl (C=S) groups is 1. The Labute approximate surface area is 66.7 Å². The number of nitrogens with one attached hydrogen (secondary N) is 1. The molecule has 10 heavy (non-hydrogen) atoms. The number of hydrazone groups is 1. The zero-order chi connectivity index (χ0) is 8.15. The maximum absolute atomic E-state index is 5.15. The highest BCUT2D eigenvalue weighted by Crippen LogP contribution is 1.93. The van der Waals surface area contributed by atoms with E-state index < -0.39 is 0 Å². The molecule has 0 spiro atoms. The van der Waals surface area contributed by atoms with Crippen LogP contribution in [0.4, 0.5) is 0 Å². The van der Waals surface area contributed by atoms with E-state index in [9.17, 15) is 0 Å². The van der Waals surface area contributed by atoms with Crippen molar-refractivity contribution in [1.82, 2.24) is 5.43 Å². The fourth-order valence-corrected chi connectivity index (χ4v) is 0.318. The highest BCUT2D eigenvalue weighted by atomic mass is 32.1. The lowest BCUT2D eigenvalue weighted by atomic mass is 10.1. The topological polar surface area (TPSA) is 50.4 Å². The van der Waals surface area contributed by atoms with Crippen molar-refractivity contribution >= 4 is 23.0 Å². The van der Waals surface area contributed by atoms with Gasteiger partial charge >= 0.3 is 0 Å². The van der Waals surface area contributed by atoms with Crippen LogP contribution in [0.5, 0.6) is 0 Å². The van der Waals surface area contributed by atoms with Crippen molar-refractivity contribution in [1.29, 1.82) is 0 Å². The molecule has 0 unspecified atom stereocenters. The molecule has 3 nitrogen and oxygen atoms in total. The van der Waals surface area contributed by atoms with Gasteiger partial charge in [0.05, 0.1) is 0 Å². The third kappa shape index (κ3) is 4.26. The van der Waals surface area contributed by atoms with Gasteiger partial charge < -0.3 is 5.73 Å². The Hall–Kier alpha value is -0.640. The van der Waals surface area contributed by atoms with Gasteiger partial charge in [0.1, 0.15) is 0 Å². The van der Waals surface area contributed by atoms with Crippen LogP contribution in [-0.2, 0) is 0 Å². The van der Waals surface area contributed by atoms with Gasteiger partial charge in [0.2, 0.25) is 0 Å². The second-order valence-electron chi connectivity index (χ2n) is 2.38. The monoisotopic (exact) mass is 159 g/mol. The second-order valence-corrected chi connectivity index (χ2v) is 2.82. The van der Waals surface area contributed by atoms with Crippen LogP contribution in [0.2, 0.25) is 0 Å². The molecule has 0 radical (unpaired) electrons. The van der Waals surface area contributed by atoms with Gasteiger partial charge in [-0.05, 0) is 25.1 Å². The van der Waals surface area contributed by atoms with Gasteiger partial charge in [0, 0.05) is 5.71 Å². The molecule has 0 aliphatic rings. The van der Waals surface area contributed by atoms with E-state index in [1.54, 1.807) is 0 Å². The van der Waals surface area contributed by atoms with Crippen LogP contribution < -0.4 is 11.2 Å². The van der Waals surface area contributed by atoms with Crippen molar-refractivity contribution in [2.45, 2.75) is 20.8 Å². The van der Waals surface area contributed by atoms with Gasteiger partial charge in [0.25, 0.3) is 0 Å². The Morgan fingerprint density at radius 1 is 1.60 bits per heavy atom. The number of nitrogens with zero attached hydrogens (tertiary/aromatic N) is 1. The molecule has 0 bridgehead atoms. The quantitative estimate of drug-likeness (QED) is 0.357. The summed E-state index contributed by atoms with van der Waals surface area (Å²) in [6.07, 6.45) is 0. The summed E-state index contributed by atoms with van der Waals surface area (Å²) in [5.74, 6) is 0.432.